The summed E-state index contributed by atoms with van der Waals surface area (Å²) in [6, 6.07) is 0. The first-order valence-electron chi connectivity index (χ1n) is 33.7. The molecule has 0 N–H and O–H groups in total. The molecule has 0 amide bonds. The fourth-order valence-corrected chi connectivity index (χ4v) is 10.4. The highest BCUT2D eigenvalue weighted by Crippen LogP contribution is 2.19. The van der Waals surface area contributed by atoms with Crippen LogP contribution in [0.4, 0.5) is 0 Å². The molecule has 74 heavy (non-hydrogen) atoms. The summed E-state index contributed by atoms with van der Waals surface area (Å²) >= 11 is 0. The Morgan fingerprint density at radius 3 is 0.676 bits per heavy atom. The molecule has 0 radical (unpaired) electrons. The highest BCUT2D eigenvalue weighted by Gasteiger charge is 2.19. The quantitative estimate of drug-likeness (QED) is 0.0261. The third-order valence-electron chi connectivity index (χ3n) is 15.5. The fourth-order valence-electron chi connectivity index (χ4n) is 10.4. The van der Waals surface area contributed by atoms with E-state index < -0.39 is 6.10 Å². The van der Waals surface area contributed by atoms with Gasteiger partial charge in [-0.25, -0.2) is 0 Å². The number of carbonyl (C=O) groups is 3. The first-order valence-corrected chi connectivity index (χ1v) is 33.7. The molecule has 6 nitrogen and oxygen atoms in total. The van der Waals surface area contributed by atoms with Gasteiger partial charge in [0, 0.05) is 19.3 Å². The van der Waals surface area contributed by atoms with Crippen LogP contribution in [-0.4, -0.2) is 37.2 Å². The van der Waals surface area contributed by atoms with Crippen molar-refractivity contribution in [2.24, 2.45) is 0 Å². The predicted octanol–water partition coefficient (Wildman–Crippen LogP) is 22.8. The average molecular weight is 1040 g/mol. The third kappa shape index (κ3) is 61.0. The van der Waals surface area contributed by atoms with E-state index in [9.17, 15) is 14.4 Å². The molecule has 0 fully saturated rings. The van der Waals surface area contributed by atoms with Crippen LogP contribution in [0, 0.1) is 0 Å². The normalized spacial score (nSPS) is 12.0. The second-order valence-electron chi connectivity index (χ2n) is 23.1. The van der Waals surface area contributed by atoms with Crippen LogP contribution in [0.15, 0.2) is 12.2 Å². The van der Waals surface area contributed by atoms with E-state index in [1.807, 2.05) is 0 Å². The first-order chi connectivity index (χ1) is 36.5. The lowest BCUT2D eigenvalue weighted by atomic mass is 10.0. The molecule has 438 valence electrons. The molecular formula is C68H130O6. The summed E-state index contributed by atoms with van der Waals surface area (Å²) < 4.78 is 17.0. The predicted molar refractivity (Wildman–Crippen MR) is 321 cm³/mol. The number of ether oxygens (including phenoxy) is 3. The summed E-state index contributed by atoms with van der Waals surface area (Å²) in [6.45, 7) is 6.71. The van der Waals surface area contributed by atoms with Gasteiger partial charge in [-0.15, -0.1) is 0 Å². The van der Waals surface area contributed by atoms with Gasteiger partial charge in [-0.05, 0) is 44.9 Å². The smallest absolute Gasteiger partial charge is 0.306 e. The molecule has 0 spiro atoms. The molecular weight excluding hydrogens is 913 g/mol. The van der Waals surface area contributed by atoms with Crippen LogP contribution in [0.1, 0.15) is 387 Å². The zero-order valence-electron chi connectivity index (χ0n) is 50.4. The molecule has 0 aliphatic carbocycles. The number of carbonyl (C=O) groups excluding carboxylic acids is 3. The van der Waals surface area contributed by atoms with Gasteiger partial charge >= 0.3 is 17.9 Å². The monoisotopic (exact) mass is 1040 g/mol. The van der Waals surface area contributed by atoms with Crippen molar-refractivity contribution in [1.29, 1.82) is 0 Å². The summed E-state index contributed by atoms with van der Waals surface area (Å²) in [6.07, 6.45) is 75.1. The molecule has 6 heteroatoms. The zero-order chi connectivity index (χ0) is 53.6. The Morgan fingerprint density at radius 2 is 0.446 bits per heavy atom. The molecule has 0 rings (SSSR count). The van der Waals surface area contributed by atoms with E-state index in [4.69, 9.17) is 14.2 Å². The molecule has 0 aromatic heterocycles. The topological polar surface area (TPSA) is 78.9 Å². The van der Waals surface area contributed by atoms with E-state index in [1.54, 1.807) is 0 Å². The number of esters is 3. The number of rotatable bonds is 63. The second kappa shape index (κ2) is 63.7. The van der Waals surface area contributed by atoms with Crippen LogP contribution >= 0.6 is 0 Å². The van der Waals surface area contributed by atoms with E-state index in [0.717, 1.165) is 64.2 Å². The van der Waals surface area contributed by atoms with Gasteiger partial charge in [-0.3, -0.25) is 14.4 Å². The van der Waals surface area contributed by atoms with Crippen molar-refractivity contribution < 1.29 is 28.6 Å². The third-order valence-corrected chi connectivity index (χ3v) is 15.5. The molecule has 0 heterocycles. The van der Waals surface area contributed by atoms with Crippen LogP contribution in [-0.2, 0) is 28.6 Å². The summed E-state index contributed by atoms with van der Waals surface area (Å²) in [5.41, 5.74) is 0. The summed E-state index contributed by atoms with van der Waals surface area (Å²) in [7, 11) is 0. The molecule has 0 aliphatic rings. The maximum atomic E-state index is 12.9. The van der Waals surface area contributed by atoms with E-state index in [-0.39, 0.29) is 31.1 Å². The molecule has 0 saturated heterocycles. The Bertz CT molecular complexity index is 1150. The molecule has 0 bridgehead atoms. The van der Waals surface area contributed by atoms with E-state index in [2.05, 4.69) is 32.9 Å². The van der Waals surface area contributed by atoms with Gasteiger partial charge in [0.15, 0.2) is 6.10 Å². The Labute approximate surface area is 462 Å². The van der Waals surface area contributed by atoms with Crippen LogP contribution in [0.5, 0.6) is 0 Å². The molecule has 1 atom stereocenters. The van der Waals surface area contributed by atoms with Crippen LogP contribution in [0.2, 0.25) is 0 Å². The number of allylic oxidation sites excluding steroid dienone is 2. The molecule has 1 unspecified atom stereocenters. The van der Waals surface area contributed by atoms with Crippen molar-refractivity contribution in [2.75, 3.05) is 13.2 Å². The molecule has 0 aliphatic heterocycles. The summed E-state index contributed by atoms with van der Waals surface area (Å²) in [5, 5.41) is 0. The van der Waals surface area contributed by atoms with Gasteiger partial charge in [0.1, 0.15) is 13.2 Å². The molecule has 0 aromatic carbocycles. The van der Waals surface area contributed by atoms with Crippen molar-refractivity contribution >= 4 is 17.9 Å². The Morgan fingerprint density at radius 1 is 0.257 bits per heavy atom. The Hall–Kier alpha value is -1.85. The second-order valence-corrected chi connectivity index (χ2v) is 23.1. The summed E-state index contributed by atoms with van der Waals surface area (Å²) in [5.74, 6) is -0.841. The zero-order valence-corrected chi connectivity index (χ0v) is 50.4. The maximum absolute atomic E-state index is 12.9. The van der Waals surface area contributed by atoms with Crippen molar-refractivity contribution in [2.45, 2.75) is 393 Å². The average Bonchev–Trinajstić information content (AvgIpc) is 3.40. The fraction of sp³-hybridized carbons (Fsp3) is 0.926. The minimum absolute atomic E-state index is 0.0658. The highest BCUT2D eigenvalue weighted by molar-refractivity contribution is 5.71. The van der Waals surface area contributed by atoms with Crippen LogP contribution in [0.25, 0.3) is 0 Å². The highest BCUT2D eigenvalue weighted by atomic mass is 16.6. The Kier molecular flexibility index (Phi) is 62.1. The van der Waals surface area contributed by atoms with Gasteiger partial charge < -0.3 is 14.2 Å². The standard InChI is InChI=1S/C68H130O6/c1-4-7-10-13-16-19-22-25-28-30-32-34-35-37-38-40-43-46-49-52-55-58-61-67(70)73-64-65(63-72-66(69)60-57-54-51-48-45-42-27-24-21-18-15-12-9-6-3)74-68(71)62-59-56-53-50-47-44-41-39-36-33-31-29-26-23-20-17-14-11-8-5-2/h24,27,65H,4-23,25-26,28-64H2,1-3H3/b27-24-. The van der Waals surface area contributed by atoms with Crippen molar-refractivity contribution in [3.05, 3.63) is 12.2 Å². The van der Waals surface area contributed by atoms with Gasteiger partial charge in [0.2, 0.25) is 0 Å². The van der Waals surface area contributed by atoms with Crippen LogP contribution in [0.3, 0.4) is 0 Å². The van der Waals surface area contributed by atoms with Gasteiger partial charge in [-0.2, -0.15) is 0 Å². The number of unbranched alkanes of at least 4 members (excludes halogenated alkanes) is 50. The van der Waals surface area contributed by atoms with Crippen LogP contribution < -0.4 is 0 Å². The van der Waals surface area contributed by atoms with Crippen molar-refractivity contribution in [3.8, 4) is 0 Å². The van der Waals surface area contributed by atoms with Gasteiger partial charge in [0.05, 0.1) is 0 Å². The van der Waals surface area contributed by atoms with E-state index >= 15 is 0 Å². The number of hydrogen-bond donors (Lipinski definition) is 0. The van der Waals surface area contributed by atoms with E-state index in [1.165, 1.54) is 283 Å². The summed E-state index contributed by atoms with van der Waals surface area (Å²) in [4.78, 5) is 38.4. The SMILES string of the molecule is CCCCCCC/C=C\CCCCCCCC(=O)OCC(COC(=O)CCCCCCCCCCCCCCCCCCCCCCCC)OC(=O)CCCCCCCCCCCCCCCCCCCCCC. The lowest BCUT2D eigenvalue weighted by molar-refractivity contribution is -0.167. The molecule has 0 saturated carbocycles. The largest absolute Gasteiger partial charge is 0.462 e. The molecule has 0 aromatic rings. The van der Waals surface area contributed by atoms with E-state index in [0.29, 0.717) is 19.3 Å². The lowest BCUT2D eigenvalue weighted by Gasteiger charge is -2.18. The minimum Gasteiger partial charge on any atom is -0.462 e. The van der Waals surface area contributed by atoms with Gasteiger partial charge in [0.25, 0.3) is 0 Å². The van der Waals surface area contributed by atoms with Gasteiger partial charge in [-0.1, -0.05) is 335 Å². The maximum Gasteiger partial charge on any atom is 0.306 e. The number of hydrogen-bond acceptors (Lipinski definition) is 6. The van der Waals surface area contributed by atoms with Crippen molar-refractivity contribution in [1.82, 2.24) is 0 Å². The lowest BCUT2D eigenvalue weighted by Crippen LogP contribution is -2.30. The first kappa shape index (κ1) is 72.2. The van der Waals surface area contributed by atoms with Crippen molar-refractivity contribution in [3.63, 3.8) is 0 Å². The Balaban J connectivity index is 4.25. The minimum atomic E-state index is -0.769.